The highest BCUT2D eigenvalue weighted by atomic mass is 35.5. The number of amides is 1. The Morgan fingerprint density at radius 1 is 1.42 bits per heavy atom. The van der Waals surface area contributed by atoms with Crippen molar-refractivity contribution in [3.8, 4) is 0 Å². The summed E-state index contributed by atoms with van der Waals surface area (Å²) in [5, 5.41) is 3.71. The van der Waals surface area contributed by atoms with Crippen LogP contribution in [0.15, 0.2) is 0 Å². The zero-order valence-corrected chi connectivity index (χ0v) is 14.0. The lowest BCUT2D eigenvalue weighted by molar-refractivity contribution is -0.128. The molecule has 0 aromatic heterocycles. The molecule has 1 amide bonds. The van der Waals surface area contributed by atoms with E-state index in [0.717, 1.165) is 38.0 Å². The van der Waals surface area contributed by atoms with E-state index in [4.69, 9.17) is 5.73 Å². The molecule has 0 radical (unpaired) electrons. The lowest BCUT2D eigenvalue weighted by atomic mass is 9.74. The Bertz CT molecular complexity index is 296. The molecular weight excluding hydrogens is 300 g/mol. The van der Waals surface area contributed by atoms with Gasteiger partial charge in [-0.25, -0.2) is 0 Å². The first-order valence-electron chi connectivity index (χ1n) is 6.85. The fourth-order valence-electron chi connectivity index (χ4n) is 2.78. The van der Waals surface area contributed by atoms with Crippen molar-refractivity contribution in [2.75, 3.05) is 23.8 Å². The second-order valence-corrected chi connectivity index (χ2v) is 8.18. The van der Waals surface area contributed by atoms with Crippen molar-refractivity contribution in [1.29, 1.82) is 0 Å². The van der Waals surface area contributed by atoms with Crippen LogP contribution < -0.4 is 11.1 Å². The van der Waals surface area contributed by atoms with Crippen LogP contribution in [0.2, 0.25) is 0 Å². The van der Waals surface area contributed by atoms with Gasteiger partial charge in [-0.3, -0.25) is 4.79 Å². The van der Waals surface area contributed by atoms with Crippen LogP contribution >= 0.6 is 35.9 Å². The van der Waals surface area contributed by atoms with Crippen molar-refractivity contribution in [1.82, 2.24) is 5.32 Å². The molecule has 3 nitrogen and oxygen atoms in total. The SMILES string of the molecule is CC1(N)CCCCC1C(=O)NCC1CSCCS1.Cl. The first kappa shape index (κ1) is 17.5. The predicted octanol–water partition coefficient (Wildman–Crippen LogP) is 2.28. The second kappa shape index (κ2) is 8.01. The summed E-state index contributed by atoms with van der Waals surface area (Å²) in [5.74, 6) is 3.81. The van der Waals surface area contributed by atoms with Gasteiger partial charge in [0, 0.05) is 34.6 Å². The summed E-state index contributed by atoms with van der Waals surface area (Å²) >= 11 is 3.98. The third-order valence-electron chi connectivity index (χ3n) is 3.96. The van der Waals surface area contributed by atoms with Crippen molar-refractivity contribution >= 4 is 41.8 Å². The predicted molar refractivity (Wildman–Crippen MR) is 88.4 cm³/mol. The Balaban J connectivity index is 0.00000180. The Kier molecular flexibility index (Phi) is 7.36. The van der Waals surface area contributed by atoms with Gasteiger partial charge in [0.05, 0.1) is 5.92 Å². The van der Waals surface area contributed by atoms with E-state index in [1.165, 1.54) is 11.5 Å². The molecule has 1 heterocycles. The summed E-state index contributed by atoms with van der Waals surface area (Å²) in [5.41, 5.74) is 5.95. The minimum atomic E-state index is -0.309. The van der Waals surface area contributed by atoms with Crippen molar-refractivity contribution in [3.05, 3.63) is 0 Å². The summed E-state index contributed by atoms with van der Waals surface area (Å²) in [6, 6.07) is 0. The number of hydrogen-bond donors (Lipinski definition) is 2. The van der Waals surface area contributed by atoms with E-state index < -0.39 is 0 Å². The summed E-state index contributed by atoms with van der Waals surface area (Å²) in [6.45, 7) is 2.84. The van der Waals surface area contributed by atoms with Gasteiger partial charge in [-0.2, -0.15) is 23.5 Å². The molecule has 112 valence electrons. The standard InChI is InChI=1S/C13H24N2OS2.ClH/c1-13(14)5-3-2-4-11(13)12(16)15-8-10-9-17-6-7-18-10;/h10-11H,2-9,14H2,1H3,(H,15,16);1H. The van der Waals surface area contributed by atoms with E-state index in [2.05, 4.69) is 5.32 Å². The van der Waals surface area contributed by atoms with Crippen LogP contribution in [-0.2, 0) is 4.79 Å². The van der Waals surface area contributed by atoms with Crippen molar-refractivity contribution in [2.24, 2.45) is 11.7 Å². The number of halogens is 1. The lowest BCUT2D eigenvalue weighted by Crippen LogP contribution is -2.53. The summed E-state index contributed by atoms with van der Waals surface area (Å²) in [6.07, 6.45) is 4.22. The van der Waals surface area contributed by atoms with Crippen LogP contribution in [0.1, 0.15) is 32.6 Å². The van der Waals surface area contributed by atoms with Gasteiger partial charge in [-0.15, -0.1) is 12.4 Å². The monoisotopic (exact) mass is 324 g/mol. The number of thioether (sulfide) groups is 2. The van der Waals surface area contributed by atoms with E-state index in [1.54, 1.807) is 0 Å². The molecular formula is C13H25ClN2OS2. The first-order valence-corrected chi connectivity index (χ1v) is 9.06. The second-order valence-electron chi connectivity index (χ2n) is 5.62. The Morgan fingerprint density at radius 2 is 2.21 bits per heavy atom. The molecule has 0 bridgehead atoms. The van der Waals surface area contributed by atoms with Gasteiger partial charge in [0.15, 0.2) is 0 Å². The number of nitrogens with two attached hydrogens (primary N) is 1. The van der Waals surface area contributed by atoms with E-state index in [1.807, 2.05) is 30.4 Å². The van der Waals surface area contributed by atoms with Gasteiger partial charge >= 0.3 is 0 Å². The van der Waals surface area contributed by atoms with Crippen LogP contribution in [0.5, 0.6) is 0 Å². The molecule has 6 heteroatoms. The Hall–Kier alpha value is 0.420. The molecule has 0 spiro atoms. The molecule has 2 aliphatic rings. The summed E-state index contributed by atoms with van der Waals surface area (Å²) < 4.78 is 0. The van der Waals surface area contributed by atoms with E-state index in [0.29, 0.717) is 5.25 Å². The first-order chi connectivity index (χ1) is 8.59. The lowest BCUT2D eigenvalue weighted by Gasteiger charge is -2.37. The van der Waals surface area contributed by atoms with Crippen molar-refractivity contribution in [2.45, 2.75) is 43.4 Å². The highest BCUT2D eigenvalue weighted by Crippen LogP contribution is 2.31. The molecule has 1 aliphatic heterocycles. The number of nitrogens with one attached hydrogen (secondary N) is 1. The molecule has 0 aromatic rings. The molecule has 1 saturated heterocycles. The van der Waals surface area contributed by atoms with Gasteiger partial charge in [-0.05, 0) is 19.8 Å². The van der Waals surface area contributed by atoms with Crippen LogP contribution in [-0.4, -0.2) is 40.5 Å². The van der Waals surface area contributed by atoms with Gasteiger partial charge in [0.1, 0.15) is 0 Å². The maximum Gasteiger partial charge on any atom is 0.224 e. The highest BCUT2D eigenvalue weighted by Gasteiger charge is 2.37. The molecule has 1 aliphatic carbocycles. The van der Waals surface area contributed by atoms with Crippen LogP contribution in [0.25, 0.3) is 0 Å². The quantitative estimate of drug-likeness (QED) is 0.836. The van der Waals surface area contributed by atoms with Gasteiger partial charge in [0.25, 0.3) is 0 Å². The van der Waals surface area contributed by atoms with Crippen molar-refractivity contribution < 1.29 is 4.79 Å². The minimum Gasteiger partial charge on any atom is -0.355 e. The fraction of sp³-hybridized carbons (Fsp3) is 0.923. The smallest absolute Gasteiger partial charge is 0.224 e. The number of rotatable bonds is 3. The normalized spacial score (nSPS) is 35.3. The number of hydrogen-bond acceptors (Lipinski definition) is 4. The maximum absolute atomic E-state index is 12.2. The molecule has 2 rings (SSSR count). The minimum absolute atomic E-state index is 0. The number of carbonyl (C=O) groups excluding carboxylic acids is 1. The molecule has 3 N–H and O–H groups in total. The van der Waals surface area contributed by atoms with Gasteiger partial charge in [0.2, 0.25) is 5.91 Å². The molecule has 19 heavy (non-hydrogen) atoms. The largest absolute Gasteiger partial charge is 0.355 e. The molecule has 1 saturated carbocycles. The topological polar surface area (TPSA) is 55.1 Å². The third-order valence-corrected chi connectivity index (χ3v) is 6.80. The number of carbonyl (C=O) groups is 1. The van der Waals surface area contributed by atoms with Crippen molar-refractivity contribution in [3.63, 3.8) is 0 Å². The van der Waals surface area contributed by atoms with E-state index in [-0.39, 0.29) is 29.8 Å². The van der Waals surface area contributed by atoms with Crippen LogP contribution in [0.3, 0.4) is 0 Å². The fourth-order valence-corrected chi connectivity index (χ4v) is 5.39. The van der Waals surface area contributed by atoms with Crippen LogP contribution in [0.4, 0.5) is 0 Å². The average Bonchev–Trinajstić information content (AvgIpc) is 2.37. The van der Waals surface area contributed by atoms with Crippen LogP contribution in [0, 0.1) is 5.92 Å². The van der Waals surface area contributed by atoms with Gasteiger partial charge < -0.3 is 11.1 Å². The van der Waals surface area contributed by atoms with Gasteiger partial charge in [-0.1, -0.05) is 12.8 Å². The summed E-state index contributed by atoms with van der Waals surface area (Å²) in [4.78, 5) is 12.2. The third kappa shape index (κ3) is 5.03. The molecule has 0 aromatic carbocycles. The Labute approximate surface area is 131 Å². The summed E-state index contributed by atoms with van der Waals surface area (Å²) in [7, 11) is 0. The maximum atomic E-state index is 12.2. The zero-order valence-electron chi connectivity index (χ0n) is 11.5. The average molecular weight is 325 g/mol. The zero-order chi connectivity index (χ0) is 13.0. The molecule has 3 atom stereocenters. The molecule has 3 unspecified atom stereocenters. The molecule has 2 fully saturated rings. The Morgan fingerprint density at radius 3 is 2.84 bits per heavy atom. The van der Waals surface area contributed by atoms with E-state index in [9.17, 15) is 4.79 Å². The van der Waals surface area contributed by atoms with E-state index >= 15 is 0 Å². The highest BCUT2D eigenvalue weighted by molar-refractivity contribution is 8.06.